The van der Waals surface area contributed by atoms with Crippen molar-refractivity contribution in [3.8, 4) is 0 Å². The quantitative estimate of drug-likeness (QED) is 0.850. The predicted octanol–water partition coefficient (Wildman–Crippen LogP) is 1.25. The lowest BCUT2D eigenvalue weighted by Gasteiger charge is -2.25. The van der Waals surface area contributed by atoms with Gasteiger partial charge in [0.25, 0.3) is 0 Å². The van der Waals surface area contributed by atoms with E-state index in [0.29, 0.717) is 6.54 Å². The van der Waals surface area contributed by atoms with Gasteiger partial charge in [-0.3, -0.25) is 9.69 Å². The number of likely N-dealkylation sites (N-methyl/N-ethyl adjacent to an activating group) is 2. The minimum atomic E-state index is -0.180. The van der Waals surface area contributed by atoms with Crippen LogP contribution in [0.3, 0.4) is 0 Å². The molecular formula is C15H23N5O. The van der Waals surface area contributed by atoms with Crippen molar-refractivity contribution < 1.29 is 4.79 Å². The number of aromatic nitrogens is 3. The maximum Gasteiger partial charge on any atom is 0.239 e. The Morgan fingerprint density at radius 1 is 1.33 bits per heavy atom. The molecule has 0 saturated carbocycles. The number of aryl methyl sites for hydroxylation is 2. The monoisotopic (exact) mass is 289 g/mol. The molecule has 0 radical (unpaired) electrons. The fraction of sp³-hybridized carbons (Fsp3) is 0.533. The van der Waals surface area contributed by atoms with Gasteiger partial charge in [0.05, 0.1) is 12.2 Å². The highest BCUT2D eigenvalue weighted by molar-refractivity contribution is 5.80. The normalized spacial score (nSPS) is 12.9. The molecule has 0 unspecified atom stereocenters. The van der Waals surface area contributed by atoms with Crippen molar-refractivity contribution in [1.29, 1.82) is 0 Å². The topological polar surface area (TPSA) is 53.7 Å². The molecule has 2 aromatic rings. The first-order chi connectivity index (χ1) is 9.81. The van der Waals surface area contributed by atoms with Gasteiger partial charge in [-0.15, -0.1) is 0 Å². The standard InChI is InChI=1S/C15H23N5O/c1-10-7-11(2)20-14(17-10)13(8-16-20)9-19(6)12(3)15(21)18(4)5/h7-8,12H,9H2,1-6H3/t12-/m1/s1. The van der Waals surface area contributed by atoms with Crippen molar-refractivity contribution in [1.82, 2.24) is 24.4 Å². The number of carbonyl (C=O) groups is 1. The van der Waals surface area contributed by atoms with Crippen LogP contribution in [0.1, 0.15) is 23.9 Å². The molecule has 21 heavy (non-hydrogen) atoms. The van der Waals surface area contributed by atoms with Gasteiger partial charge in [-0.2, -0.15) is 5.10 Å². The summed E-state index contributed by atoms with van der Waals surface area (Å²) in [5.41, 5.74) is 3.93. The Hall–Kier alpha value is -1.95. The number of amides is 1. The van der Waals surface area contributed by atoms with Crippen LogP contribution in [0.15, 0.2) is 12.3 Å². The zero-order chi connectivity index (χ0) is 15.7. The van der Waals surface area contributed by atoms with Crippen molar-refractivity contribution in [2.75, 3.05) is 21.1 Å². The summed E-state index contributed by atoms with van der Waals surface area (Å²) in [5, 5.41) is 4.38. The maximum absolute atomic E-state index is 12.0. The summed E-state index contributed by atoms with van der Waals surface area (Å²) in [4.78, 5) is 20.2. The molecule has 0 saturated heterocycles. The van der Waals surface area contributed by atoms with Crippen molar-refractivity contribution in [2.24, 2.45) is 0 Å². The zero-order valence-electron chi connectivity index (χ0n) is 13.6. The third kappa shape index (κ3) is 3.05. The van der Waals surface area contributed by atoms with Crippen LogP contribution in [-0.4, -0.2) is 57.5 Å². The van der Waals surface area contributed by atoms with Crippen LogP contribution in [0, 0.1) is 13.8 Å². The van der Waals surface area contributed by atoms with Crippen molar-refractivity contribution in [2.45, 2.75) is 33.4 Å². The van der Waals surface area contributed by atoms with Crippen molar-refractivity contribution in [3.63, 3.8) is 0 Å². The molecule has 0 spiro atoms. The first-order valence-electron chi connectivity index (χ1n) is 7.03. The van der Waals surface area contributed by atoms with E-state index in [-0.39, 0.29) is 11.9 Å². The number of fused-ring (bicyclic) bond motifs is 1. The van der Waals surface area contributed by atoms with E-state index in [4.69, 9.17) is 0 Å². The highest BCUT2D eigenvalue weighted by Crippen LogP contribution is 2.15. The SMILES string of the molecule is Cc1cc(C)n2ncc(CN(C)[C@H](C)C(=O)N(C)C)c2n1. The first-order valence-corrected chi connectivity index (χ1v) is 7.03. The maximum atomic E-state index is 12.0. The Bertz CT molecular complexity index is 661. The van der Waals surface area contributed by atoms with Crippen LogP contribution in [0.2, 0.25) is 0 Å². The fourth-order valence-corrected chi connectivity index (χ4v) is 2.40. The smallest absolute Gasteiger partial charge is 0.239 e. The van der Waals surface area contributed by atoms with Gasteiger partial charge >= 0.3 is 0 Å². The molecule has 2 rings (SSSR count). The number of rotatable bonds is 4. The Morgan fingerprint density at radius 3 is 2.62 bits per heavy atom. The Morgan fingerprint density at radius 2 is 2.00 bits per heavy atom. The van der Waals surface area contributed by atoms with Gasteiger partial charge < -0.3 is 4.90 Å². The first kappa shape index (κ1) is 15.4. The number of hydrogen-bond acceptors (Lipinski definition) is 4. The van der Waals surface area contributed by atoms with Crippen LogP contribution in [0.25, 0.3) is 5.65 Å². The molecule has 6 heteroatoms. The van der Waals surface area contributed by atoms with Crippen LogP contribution < -0.4 is 0 Å². The molecule has 0 aliphatic heterocycles. The van der Waals surface area contributed by atoms with E-state index >= 15 is 0 Å². The van der Waals surface area contributed by atoms with Gasteiger partial charge in [0.2, 0.25) is 5.91 Å². The van der Waals surface area contributed by atoms with E-state index in [9.17, 15) is 4.79 Å². The molecule has 0 N–H and O–H groups in total. The van der Waals surface area contributed by atoms with Gasteiger partial charge in [-0.25, -0.2) is 9.50 Å². The summed E-state index contributed by atoms with van der Waals surface area (Å²) < 4.78 is 1.84. The second kappa shape index (κ2) is 5.81. The molecule has 0 fully saturated rings. The van der Waals surface area contributed by atoms with Crippen LogP contribution in [0.4, 0.5) is 0 Å². The van der Waals surface area contributed by atoms with Gasteiger partial charge in [-0.1, -0.05) is 0 Å². The molecule has 1 atom stereocenters. The molecule has 114 valence electrons. The number of hydrogen-bond donors (Lipinski definition) is 0. The summed E-state index contributed by atoms with van der Waals surface area (Å²) in [5.74, 6) is 0.0919. The molecular weight excluding hydrogens is 266 g/mol. The van der Waals surface area contributed by atoms with Gasteiger partial charge in [0, 0.05) is 37.6 Å². The van der Waals surface area contributed by atoms with Gasteiger partial charge in [0.15, 0.2) is 5.65 Å². The highest BCUT2D eigenvalue weighted by Gasteiger charge is 2.21. The van der Waals surface area contributed by atoms with E-state index < -0.39 is 0 Å². The van der Waals surface area contributed by atoms with Gasteiger partial charge in [-0.05, 0) is 33.9 Å². The van der Waals surface area contributed by atoms with E-state index in [1.165, 1.54) is 0 Å². The van der Waals surface area contributed by atoms with E-state index in [1.54, 1.807) is 19.0 Å². The fourth-order valence-electron chi connectivity index (χ4n) is 2.40. The van der Waals surface area contributed by atoms with E-state index in [1.807, 2.05) is 49.5 Å². The molecule has 0 bridgehead atoms. The summed E-state index contributed by atoms with van der Waals surface area (Å²) in [7, 11) is 5.49. The molecule has 6 nitrogen and oxygen atoms in total. The van der Waals surface area contributed by atoms with E-state index in [2.05, 4.69) is 10.1 Å². The lowest BCUT2D eigenvalue weighted by molar-refractivity contribution is -0.133. The molecule has 0 aliphatic carbocycles. The lowest BCUT2D eigenvalue weighted by Crippen LogP contribution is -2.42. The third-order valence-corrected chi connectivity index (χ3v) is 3.73. The molecule has 2 aromatic heterocycles. The Balaban J connectivity index is 2.26. The average molecular weight is 289 g/mol. The average Bonchev–Trinajstić information content (AvgIpc) is 2.80. The Labute approximate surface area is 125 Å². The largest absolute Gasteiger partial charge is 0.347 e. The number of carbonyl (C=O) groups excluding carboxylic acids is 1. The predicted molar refractivity (Wildman–Crippen MR) is 82.1 cm³/mol. The summed E-state index contributed by atoms with van der Waals surface area (Å²) >= 11 is 0. The second-order valence-corrected chi connectivity index (χ2v) is 5.77. The number of nitrogens with zero attached hydrogens (tertiary/aromatic N) is 5. The highest BCUT2D eigenvalue weighted by atomic mass is 16.2. The third-order valence-electron chi connectivity index (χ3n) is 3.73. The van der Waals surface area contributed by atoms with Crippen LogP contribution in [-0.2, 0) is 11.3 Å². The van der Waals surface area contributed by atoms with Crippen LogP contribution in [0.5, 0.6) is 0 Å². The molecule has 0 aliphatic rings. The summed E-state index contributed by atoms with van der Waals surface area (Å²) in [6.07, 6.45) is 1.83. The minimum Gasteiger partial charge on any atom is -0.347 e. The van der Waals surface area contributed by atoms with Crippen molar-refractivity contribution >= 4 is 11.6 Å². The Kier molecular flexibility index (Phi) is 4.27. The van der Waals surface area contributed by atoms with Crippen molar-refractivity contribution in [3.05, 3.63) is 29.2 Å². The lowest BCUT2D eigenvalue weighted by atomic mass is 10.2. The van der Waals surface area contributed by atoms with E-state index in [0.717, 1.165) is 22.6 Å². The summed E-state index contributed by atoms with van der Waals surface area (Å²) in [6.45, 7) is 6.55. The van der Waals surface area contributed by atoms with Gasteiger partial charge in [0.1, 0.15) is 0 Å². The summed E-state index contributed by atoms with van der Waals surface area (Å²) in [6, 6.07) is 1.83. The van der Waals surface area contributed by atoms with Crippen LogP contribution >= 0.6 is 0 Å². The second-order valence-electron chi connectivity index (χ2n) is 5.77. The molecule has 0 aromatic carbocycles. The minimum absolute atomic E-state index is 0.0919. The zero-order valence-corrected chi connectivity index (χ0v) is 13.6. The molecule has 1 amide bonds. The molecule has 2 heterocycles.